The Labute approximate surface area is 68.5 Å². The summed E-state index contributed by atoms with van der Waals surface area (Å²) in [6.45, 7) is 7.83. The lowest BCUT2D eigenvalue weighted by Gasteiger charge is -2.10. The molecule has 0 unspecified atom stereocenters. The van der Waals surface area contributed by atoms with Gasteiger partial charge in [-0.25, -0.2) is 0 Å². The molecule has 0 rings (SSSR count). The number of hydrogen-bond donors (Lipinski definition) is 1. The van der Waals surface area contributed by atoms with E-state index in [-0.39, 0.29) is 5.41 Å². The predicted octanol–water partition coefficient (Wildman–Crippen LogP) is 2.66. The highest BCUT2D eigenvalue weighted by Gasteiger charge is 2.07. The first-order valence-electron chi connectivity index (χ1n) is 3.68. The molecular formula is C9H16N2. The number of allylic oxidation sites excluding steroid dienone is 1. The van der Waals surface area contributed by atoms with Gasteiger partial charge >= 0.3 is 0 Å². The van der Waals surface area contributed by atoms with Crippen LogP contribution in [0.3, 0.4) is 0 Å². The van der Waals surface area contributed by atoms with Crippen molar-refractivity contribution in [2.75, 3.05) is 0 Å². The van der Waals surface area contributed by atoms with Crippen molar-refractivity contribution in [1.82, 2.24) is 0 Å². The van der Waals surface area contributed by atoms with E-state index in [0.717, 1.165) is 5.71 Å². The van der Waals surface area contributed by atoms with Crippen LogP contribution in [0.4, 0.5) is 0 Å². The molecule has 0 amide bonds. The molecule has 0 aliphatic rings. The minimum atomic E-state index is -0.168. The number of aliphatic imine (C=N–C) groups is 1. The molecule has 2 nitrogen and oxygen atoms in total. The maximum Gasteiger partial charge on any atom is 0.0236 e. The summed E-state index contributed by atoms with van der Waals surface area (Å²) in [6.07, 6.45) is 5.07. The molecule has 0 saturated carbocycles. The van der Waals surface area contributed by atoms with Crippen LogP contribution in [0.15, 0.2) is 17.3 Å². The standard InChI is InChI=1S/C9H16N2/c1-8(2)11-6-5-9(3,4)7-10/h5-7,10H,1-4H3/b6-5-,10-7?. The van der Waals surface area contributed by atoms with Crippen LogP contribution >= 0.6 is 0 Å². The molecule has 0 atom stereocenters. The quantitative estimate of drug-likeness (QED) is 0.604. The van der Waals surface area contributed by atoms with Gasteiger partial charge in [-0.1, -0.05) is 19.9 Å². The van der Waals surface area contributed by atoms with Crippen LogP contribution in [0.5, 0.6) is 0 Å². The summed E-state index contributed by atoms with van der Waals surface area (Å²) in [5.74, 6) is 0. The fraction of sp³-hybridized carbons (Fsp3) is 0.556. The summed E-state index contributed by atoms with van der Waals surface area (Å²) < 4.78 is 0. The first-order chi connectivity index (χ1) is 4.98. The molecule has 0 aliphatic carbocycles. The largest absolute Gasteiger partial charge is 0.312 e. The highest BCUT2D eigenvalue weighted by molar-refractivity contribution is 5.79. The molecule has 0 bridgehead atoms. The van der Waals surface area contributed by atoms with E-state index in [1.54, 1.807) is 6.20 Å². The maximum absolute atomic E-state index is 7.07. The van der Waals surface area contributed by atoms with Crippen LogP contribution < -0.4 is 0 Å². The number of nitrogens with one attached hydrogen (secondary N) is 1. The first-order valence-corrected chi connectivity index (χ1v) is 3.68. The van der Waals surface area contributed by atoms with E-state index in [0.29, 0.717) is 0 Å². The van der Waals surface area contributed by atoms with E-state index in [2.05, 4.69) is 4.99 Å². The van der Waals surface area contributed by atoms with Gasteiger partial charge < -0.3 is 5.41 Å². The van der Waals surface area contributed by atoms with Crippen molar-refractivity contribution >= 4 is 11.9 Å². The number of hydrogen-bond acceptors (Lipinski definition) is 2. The van der Waals surface area contributed by atoms with Gasteiger partial charge in [0.25, 0.3) is 0 Å². The Hall–Kier alpha value is -0.920. The zero-order valence-electron chi connectivity index (χ0n) is 7.68. The topological polar surface area (TPSA) is 36.2 Å². The number of rotatable bonds is 3. The maximum atomic E-state index is 7.07. The summed E-state index contributed by atoms with van der Waals surface area (Å²) >= 11 is 0. The van der Waals surface area contributed by atoms with Crippen molar-refractivity contribution < 1.29 is 0 Å². The molecular weight excluding hydrogens is 136 g/mol. The van der Waals surface area contributed by atoms with Crippen molar-refractivity contribution in [3.05, 3.63) is 12.3 Å². The zero-order chi connectivity index (χ0) is 8.91. The van der Waals surface area contributed by atoms with Gasteiger partial charge in [0.1, 0.15) is 0 Å². The Morgan fingerprint density at radius 3 is 2.27 bits per heavy atom. The Balaban J connectivity index is 4.13. The molecule has 0 aliphatic heterocycles. The number of nitrogens with zero attached hydrogens (tertiary/aromatic N) is 1. The molecule has 0 saturated heterocycles. The third kappa shape index (κ3) is 5.52. The van der Waals surface area contributed by atoms with E-state index >= 15 is 0 Å². The van der Waals surface area contributed by atoms with E-state index in [9.17, 15) is 0 Å². The van der Waals surface area contributed by atoms with Gasteiger partial charge in [0, 0.05) is 23.5 Å². The fourth-order valence-electron chi connectivity index (χ4n) is 0.427. The fourth-order valence-corrected chi connectivity index (χ4v) is 0.427. The summed E-state index contributed by atoms with van der Waals surface area (Å²) in [5, 5.41) is 7.07. The van der Waals surface area contributed by atoms with Crippen molar-refractivity contribution in [1.29, 1.82) is 5.41 Å². The average molecular weight is 152 g/mol. The normalized spacial score (nSPS) is 11.6. The third-order valence-corrected chi connectivity index (χ3v) is 1.21. The van der Waals surface area contributed by atoms with Crippen LogP contribution in [-0.2, 0) is 0 Å². The van der Waals surface area contributed by atoms with Gasteiger partial charge in [-0.2, -0.15) is 0 Å². The van der Waals surface area contributed by atoms with Crippen molar-refractivity contribution in [3.8, 4) is 0 Å². The Bertz CT molecular complexity index is 184. The lowest BCUT2D eigenvalue weighted by atomic mass is 9.96. The van der Waals surface area contributed by atoms with E-state index in [1.165, 1.54) is 6.21 Å². The molecule has 1 N–H and O–H groups in total. The van der Waals surface area contributed by atoms with Crippen molar-refractivity contribution in [2.24, 2.45) is 10.4 Å². The SMILES string of the molecule is CC(C)=N/C=C\C(C)(C)C=N. The lowest BCUT2D eigenvalue weighted by Crippen LogP contribution is -2.07. The highest BCUT2D eigenvalue weighted by atomic mass is 14.7. The molecule has 0 aromatic heterocycles. The molecule has 11 heavy (non-hydrogen) atoms. The second-order valence-corrected chi connectivity index (χ2v) is 3.36. The van der Waals surface area contributed by atoms with E-state index < -0.39 is 0 Å². The molecule has 0 aromatic carbocycles. The van der Waals surface area contributed by atoms with Crippen LogP contribution in [0.2, 0.25) is 0 Å². The summed E-state index contributed by atoms with van der Waals surface area (Å²) in [7, 11) is 0. The van der Waals surface area contributed by atoms with Crippen molar-refractivity contribution in [3.63, 3.8) is 0 Å². The van der Waals surface area contributed by atoms with Crippen LogP contribution in [-0.4, -0.2) is 11.9 Å². The lowest BCUT2D eigenvalue weighted by molar-refractivity contribution is 0.688. The highest BCUT2D eigenvalue weighted by Crippen LogP contribution is 2.12. The molecule has 0 fully saturated rings. The van der Waals surface area contributed by atoms with Crippen LogP contribution in [0, 0.1) is 10.8 Å². The van der Waals surface area contributed by atoms with Gasteiger partial charge in [0.15, 0.2) is 0 Å². The molecule has 0 heterocycles. The minimum absolute atomic E-state index is 0.168. The molecule has 62 valence electrons. The summed E-state index contributed by atoms with van der Waals surface area (Å²) in [4.78, 5) is 4.09. The molecule has 0 spiro atoms. The predicted molar refractivity (Wildman–Crippen MR) is 50.5 cm³/mol. The Kier molecular flexibility index (Phi) is 3.72. The second-order valence-electron chi connectivity index (χ2n) is 3.36. The van der Waals surface area contributed by atoms with Gasteiger partial charge in [0.05, 0.1) is 0 Å². The Morgan fingerprint density at radius 1 is 1.36 bits per heavy atom. The summed E-state index contributed by atoms with van der Waals surface area (Å²) in [5.41, 5.74) is 0.862. The third-order valence-electron chi connectivity index (χ3n) is 1.21. The monoisotopic (exact) mass is 152 g/mol. The minimum Gasteiger partial charge on any atom is -0.312 e. The van der Waals surface area contributed by atoms with Crippen molar-refractivity contribution in [2.45, 2.75) is 27.7 Å². The van der Waals surface area contributed by atoms with Gasteiger partial charge in [0.2, 0.25) is 0 Å². The zero-order valence-corrected chi connectivity index (χ0v) is 7.68. The van der Waals surface area contributed by atoms with E-state index in [4.69, 9.17) is 5.41 Å². The average Bonchev–Trinajstić information content (AvgIpc) is 1.87. The molecule has 0 radical (unpaired) electrons. The Morgan fingerprint density at radius 2 is 1.91 bits per heavy atom. The van der Waals surface area contributed by atoms with Crippen LogP contribution in [0.1, 0.15) is 27.7 Å². The van der Waals surface area contributed by atoms with Crippen LogP contribution in [0.25, 0.3) is 0 Å². The smallest absolute Gasteiger partial charge is 0.0236 e. The summed E-state index contributed by atoms with van der Waals surface area (Å²) in [6, 6.07) is 0. The van der Waals surface area contributed by atoms with Gasteiger partial charge in [-0.05, 0) is 13.8 Å². The molecule has 2 heteroatoms. The second kappa shape index (κ2) is 4.06. The van der Waals surface area contributed by atoms with E-state index in [1.807, 2.05) is 33.8 Å². The first kappa shape index (κ1) is 10.1. The van der Waals surface area contributed by atoms with Gasteiger partial charge in [-0.15, -0.1) is 0 Å². The molecule has 0 aromatic rings. The van der Waals surface area contributed by atoms with Gasteiger partial charge in [-0.3, -0.25) is 4.99 Å².